The first kappa shape index (κ1) is 18.2. The Balaban J connectivity index is 2.26. The standard InChI is InChI=1S/C16H20F3N3O2/c1-10-6-12(9-15(2,3)8-10)20-21-13-5-4-11(16(17,18)19)7-14(13)22(23)24/h4-5,7,10,21H,6,8-9H2,1-3H3/b20-12+/t10-/m0/s1. The zero-order valence-electron chi connectivity index (χ0n) is 13.8. The lowest BCUT2D eigenvalue weighted by Gasteiger charge is -2.34. The van der Waals surface area contributed by atoms with Gasteiger partial charge in [0.2, 0.25) is 0 Å². The fourth-order valence-electron chi connectivity index (χ4n) is 3.29. The van der Waals surface area contributed by atoms with Gasteiger partial charge >= 0.3 is 6.18 Å². The summed E-state index contributed by atoms with van der Waals surface area (Å²) in [4.78, 5) is 10.2. The molecule has 1 aliphatic carbocycles. The van der Waals surface area contributed by atoms with Crippen LogP contribution in [-0.4, -0.2) is 10.6 Å². The number of nitrogens with one attached hydrogen (secondary N) is 1. The van der Waals surface area contributed by atoms with Crippen molar-refractivity contribution < 1.29 is 18.1 Å². The van der Waals surface area contributed by atoms with E-state index in [1.807, 2.05) is 0 Å². The molecule has 2 rings (SSSR count). The van der Waals surface area contributed by atoms with Crippen LogP contribution in [0.1, 0.15) is 45.6 Å². The van der Waals surface area contributed by atoms with E-state index in [9.17, 15) is 23.3 Å². The van der Waals surface area contributed by atoms with Gasteiger partial charge in [-0.25, -0.2) is 0 Å². The van der Waals surface area contributed by atoms with Gasteiger partial charge in [0.25, 0.3) is 5.69 Å². The van der Waals surface area contributed by atoms with Crippen molar-refractivity contribution in [3.63, 3.8) is 0 Å². The fourth-order valence-corrected chi connectivity index (χ4v) is 3.29. The number of hydrogen-bond acceptors (Lipinski definition) is 4. The number of nitro groups is 1. The van der Waals surface area contributed by atoms with Gasteiger partial charge in [-0.2, -0.15) is 18.3 Å². The predicted octanol–water partition coefficient (Wildman–Crippen LogP) is 5.23. The number of nitrogens with zero attached hydrogens (tertiary/aromatic N) is 2. The summed E-state index contributed by atoms with van der Waals surface area (Å²) in [5, 5.41) is 15.3. The minimum Gasteiger partial charge on any atom is -0.272 e. The second-order valence-electron chi connectivity index (χ2n) is 7.13. The predicted molar refractivity (Wildman–Crippen MR) is 86.0 cm³/mol. The monoisotopic (exact) mass is 343 g/mol. The first-order valence-electron chi connectivity index (χ1n) is 7.65. The smallest absolute Gasteiger partial charge is 0.272 e. The number of nitro benzene ring substituents is 1. The quantitative estimate of drug-likeness (QED) is 0.604. The van der Waals surface area contributed by atoms with Crippen LogP contribution in [0.15, 0.2) is 23.3 Å². The van der Waals surface area contributed by atoms with Gasteiger partial charge in [0, 0.05) is 11.8 Å². The largest absolute Gasteiger partial charge is 0.416 e. The minimum absolute atomic E-state index is 0.0449. The molecule has 0 aliphatic heterocycles. The van der Waals surface area contributed by atoms with Gasteiger partial charge in [-0.15, -0.1) is 0 Å². The molecule has 1 N–H and O–H groups in total. The average Bonchev–Trinajstić information content (AvgIpc) is 2.41. The van der Waals surface area contributed by atoms with Crippen LogP contribution in [0.4, 0.5) is 24.5 Å². The first-order chi connectivity index (χ1) is 11.0. The van der Waals surface area contributed by atoms with E-state index in [2.05, 4.69) is 31.3 Å². The zero-order chi connectivity index (χ0) is 18.1. The summed E-state index contributed by atoms with van der Waals surface area (Å²) in [6.45, 7) is 6.36. The summed E-state index contributed by atoms with van der Waals surface area (Å²) >= 11 is 0. The Hall–Kier alpha value is -2.12. The maximum atomic E-state index is 12.7. The molecule has 1 fully saturated rings. The van der Waals surface area contributed by atoms with Crippen molar-refractivity contribution in [2.75, 3.05) is 5.43 Å². The lowest BCUT2D eigenvalue weighted by Crippen LogP contribution is -2.28. The number of anilines is 1. The van der Waals surface area contributed by atoms with Crippen molar-refractivity contribution in [2.45, 2.75) is 46.2 Å². The Bertz CT molecular complexity index is 669. The highest BCUT2D eigenvalue weighted by atomic mass is 19.4. The molecular weight excluding hydrogens is 323 g/mol. The molecule has 1 aromatic carbocycles. The summed E-state index contributed by atoms with van der Waals surface area (Å²) in [6.07, 6.45) is -2.05. The van der Waals surface area contributed by atoms with Crippen molar-refractivity contribution in [3.8, 4) is 0 Å². The fraction of sp³-hybridized carbons (Fsp3) is 0.562. The van der Waals surface area contributed by atoms with Crippen molar-refractivity contribution >= 4 is 17.1 Å². The Morgan fingerprint density at radius 2 is 2.04 bits per heavy atom. The summed E-state index contributed by atoms with van der Waals surface area (Å²) in [7, 11) is 0. The normalized spacial score (nSPS) is 22.4. The Morgan fingerprint density at radius 3 is 2.58 bits per heavy atom. The molecule has 8 heteroatoms. The zero-order valence-corrected chi connectivity index (χ0v) is 13.8. The van der Waals surface area contributed by atoms with Gasteiger partial charge < -0.3 is 0 Å². The van der Waals surface area contributed by atoms with Gasteiger partial charge in [0.15, 0.2) is 0 Å². The maximum Gasteiger partial charge on any atom is 0.416 e. The van der Waals surface area contributed by atoms with Crippen LogP contribution in [0.25, 0.3) is 0 Å². The lowest BCUT2D eigenvalue weighted by molar-refractivity contribution is -0.384. The molecule has 1 aliphatic rings. The lowest BCUT2D eigenvalue weighted by atomic mass is 9.72. The second kappa shape index (κ2) is 6.41. The SMILES string of the molecule is C[C@H]1C/C(=N\Nc2ccc(C(F)(F)F)cc2[N+](=O)[O-])CC(C)(C)C1. The summed E-state index contributed by atoms with van der Waals surface area (Å²) in [5.74, 6) is 0.442. The van der Waals surface area contributed by atoms with Gasteiger partial charge in [-0.3, -0.25) is 15.5 Å². The van der Waals surface area contributed by atoms with E-state index in [4.69, 9.17) is 0 Å². The molecule has 1 aromatic rings. The van der Waals surface area contributed by atoms with Crippen molar-refractivity contribution in [2.24, 2.45) is 16.4 Å². The number of halogens is 3. The van der Waals surface area contributed by atoms with E-state index in [1.165, 1.54) is 0 Å². The van der Waals surface area contributed by atoms with Crippen LogP contribution >= 0.6 is 0 Å². The first-order valence-corrected chi connectivity index (χ1v) is 7.65. The maximum absolute atomic E-state index is 12.7. The van der Waals surface area contributed by atoms with E-state index in [0.717, 1.165) is 37.1 Å². The van der Waals surface area contributed by atoms with E-state index in [0.29, 0.717) is 12.0 Å². The third-order valence-electron chi connectivity index (χ3n) is 4.02. The summed E-state index contributed by atoms with van der Waals surface area (Å²) in [6, 6.07) is 2.38. The van der Waals surface area contributed by atoms with Gasteiger partial charge in [0.1, 0.15) is 5.69 Å². The Kier molecular flexibility index (Phi) is 4.87. The minimum atomic E-state index is -4.63. The topological polar surface area (TPSA) is 67.5 Å². The molecule has 0 aromatic heterocycles. The van der Waals surface area contributed by atoms with Crippen LogP contribution in [0.2, 0.25) is 0 Å². The molecular formula is C16H20F3N3O2. The van der Waals surface area contributed by atoms with Gasteiger partial charge in [0.05, 0.1) is 10.5 Å². The molecule has 132 valence electrons. The van der Waals surface area contributed by atoms with E-state index in [1.54, 1.807) is 0 Å². The molecule has 0 spiro atoms. The van der Waals surface area contributed by atoms with Crippen molar-refractivity contribution in [1.82, 2.24) is 0 Å². The second-order valence-corrected chi connectivity index (χ2v) is 7.13. The third kappa shape index (κ3) is 4.46. The van der Waals surface area contributed by atoms with Crippen LogP contribution < -0.4 is 5.43 Å². The number of rotatable bonds is 3. The average molecular weight is 343 g/mol. The van der Waals surface area contributed by atoms with Crippen molar-refractivity contribution in [3.05, 3.63) is 33.9 Å². The highest BCUT2D eigenvalue weighted by Crippen LogP contribution is 2.38. The van der Waals surface area contributed by atoms with E-state index < -0.39 is 22.4 Å². The molecule has 0 radical (unpaired) electrons. The number of hydrogen-bond donors (Lipinski definition) is 1. The molecule has 1 atom stereocenters. The van der Waals surface area contributed by atoms with Crippen LogP contribution in [0.3, 0.4) is 0 Å². The Labute approximate surface area is 138 Å². The van der Waals surface area contributed by atoms with Crippen LogP contribution in [0, 0.1) is 21.4 Å². The molecule has 0 bridgehead atoms. The van der Waals surface area contributed by atoms with Gasteiger partial charge in [-0.05, 0) is 42.7 Å². The Morgan fingerprint density at radius 1 is 1.38 bits per heavy atom. The summed E-state index contributed by atoms with van der Waals surface area (Å²) < 4.78 is 38.1. The molecule has 1 saturated carbocycles. The van der Waals surface area contributed by atoms with Gasteiger partial charge in [-0.1, -0.05) is 20.8 Å². The van der Waals surface area contributed by atoms with Crippen molar-refractivity contribution in [1.29, 1.82) is 0 Å². The highest BCUT2D eigenvalue weighted by molar-refractivity contribution is 5.87. The highest BCUT2D eigenvalue weighted by Gasteiger charge is 2.33. The number of benzene rings is 1. The molecule has 0 unspecified atom stereocenters. The molecule has 0 amide bonds. The molecule has 0 saturated heterocycles. The molecule has 0 heterocycles. The van der Waals surface area contributed by atoms with Crippen LogP contribution in [-0.2, 0) is 6.18 Å². The molecule has 5 nitrogen and oxygen atoms in total. The third-order valence-corrected chi connectivity index (χ3v) is 4.02. The molecule has 24 heavy (non-hydrogen) atoms. The van der Waals surface area contributed by atoms with E-state index in [-0.39, 0.29) is 11.1 Å². The number of hydrazone groups is 1. The summed E-state index contributed by atoms with van der Waals surface area (Å²) in [5.41, 5.74) is 1.79. The van der Waals surface area contributed by atoms with E-state index >= 15 is 0 Å². The number of alkyl halides is 3. The van der Waals surface area contributed by atoms with Crippen LogP contribution in [0.5, 0.6) is 0 Å².